The smallest absolute Gasteiger partial charge is 0.192 e. The van der Waals surface area contributed by atoms with Crippen LogP contribution in [0.3, 0.4) is 0 Å². The van der Waals surface area contributed by atoms with Gasteiger partial charge in [-0.05, 0) is 24.2 Å². The van der Waals surface area contributed by atoms with Gasteiger partial charge in [0.2, 0.25) is 0 Å². The fourth-order valence-electron chi connectivity index (χ4n) is 1.19. The van der Waals surface area contributed by atoms with E-state index in [1.165, 1.54) is 0 Å². The fraction of sp³-hybridized carbons (Fsp3) is 0.538. The van der Waals surface area contributed by atoms with Gasteiger partial charge in [0.15, 0.2) is 8.32 Å². The summed E-state index contributed by atoms with van der Waals surface area (Å²) in [5.41, 5.74) is 5.33. The van der Waals surface area contributed by atoms with Gasteiger partial charge in [0.05, 0.1) is 12.3 Å². The molecule has 0 bridgehead atoms. The van der Waals surface area contributed by atoms with Crippen LogP contribution in [0.15, 0.2) is 12.1 Å². The monoisotopic (exact) mass is 273 g/mol. The summed E-state index contributed by atoms with van der Waals surface area (Å²) in [5, 5.41) is 0.0375. The molecule has 0 spiro atoms. The molecule has 0 aliphatic heterocycles. The van der Waals surface area contributed by atoms with Gasteiger partial charge in [0.25, 0.3) is 0 Å². The molecule has 0 aliphatic rings. The Morgan fingerprint density at radius 1 is 1.17 bits per heavy atom. The molecule has 0 saturated carbocycles. The van der Waals surface area contributed by atoms with Crippen molar-refractivity contribution in [2.24, 2.45) is 0 Å². The third-order valence-electron chi connectivity index (χ3n) is 3.56. The Labute approximate surface area is 108 Å². The lowest BCUT2D eigenvalue weighted by Crippen LogP contribution is -2.40. The molecule has 0 aliphatic carbocycles. The molecule has 102 valence electrons. The van der Waals surface area contributed by atoms with Crippen molar-refractivity contribution >= 4 is 14.0 Å². The lowest BCUT2D eigenvalue weighted by atomic mass is 10.2. The van der Waals surface area contributed by atoms with Crippen LogP contribution in [0.5, 0.6) is 0 Å². The highest BCUT2D eigenvalue weighted by Gasteiger charge is 2.37. The van der Waals surface area contributed by atoms with Gasteiger partial charge in [-0.2, -0.15) is 0 Å². The fourth-order valence-corrected chi connectivity index (χ4v) is 2.14. The largest absolute Gasteiger partial charge is 0.412 e. The summed E-state index contributed by atoms with van der Waals surface area (Å²) in [4.78, 5) is 0. The van der Waals surface area contributed by atoms with E-state index in [0.717, 1.165) is 12.1 Å². The molecule has 0 heterocycles. The molecule has 1 rings (SSSR count). The number of anilines is 1. The van der Waals surface area contributed by atoms with Gasteiger partial charge in [-0.1, -0.05) is 20.8 Å². The van der Waals surface area contributed by atoms with Crippen LogP contribution in [0.2, 0.25) is 18.1 Å². The molecule has 2 N–H and O–H groups in total. The maximum absolute atomic E-state index is 13.6. The minimum atomic E-state index is -1.96. The molecule has 0 saturated heterocycles. The van der Waals surface area contributed by atoms with E-state index in [-0.39, 0.29) is 22.9 Å². The van der Waals surface area contributed by atoms with Crippen LogP contribution in [-0.2, 0) is 11.0 Å². The maximum Gasteiger partial charge on any atom is 0.192 e. The first-order valence-electron chi connectivity index (χ1n) is 5.92. The van der Waals surface area contributed by atoms with Gasteiger partial charge in [0.1, 0.15) is 11.6 Å². The summed E-state index contributed by atoms with van der Waals surface area (Å²) >= 11 is 0. The normalized spacial score (nSPS) is 12.8. The van der Waals surface area contributed by atoms with Crippen molar-refractivity contribution < 1.29 is 13.2 Å². The standard InChI is InChI=1S/C13H21F2NOSi/c1-13(2,3)18(4,5)17-8-9-6-11(15)12(16)7-10(9)14/h6-7H,8,16H2,1-5H3. The van der Waals surface area contributed by atoms with Gasteiger partial charge in [-0.3, -0.25) is 0 Å². The Bertz CT molecular complexity index is 441. The van der Waals surface area contributed by atoms with Crippen molar-refractivity contribution in [3.05, 3.63) is 29.3 Å². The van der Waals surface area contributed by atoms with Crippen LogP contribution in [0, 0.1) is 11.6 Å². The van der Waals surface area contributed by atoms with Crippen molar-refractivity contribution in [1.82, 2.24) is 0 Å². The number of nitrogen functional groups attached to an aromatic ring is 1. The number of hydrogen-bond acceptors (Lipinski definition) is 2. The lowest BCUT2D eigenvalue weighted by Gasteiger charge is -2.36. The Morgan fingerprint density at radius 2 is 1.72 bits per heavy atom. The molecule has 0 radical (unpaired) electrons. The van der Waals surface area contributed by atoms with Gasteiger partial charge < -0.3 is 10.2 Å². The zero-order chi connectivity index (χ0) is 14.1. The number of rotatable bonds is 3. The van der Waals surface area contributed by atoms with Gasteiger partial charge in [0, 0.05) is 11.6 Å². The summed E-state index contributed by atoms with van der Waals surface area (Å²) in [6.07, 6.45) is 0. The second-order valence-corrected chi connectivity index (χ2v) is 10.8. The van der Waals surface area contributed by atoms with Crippen molar-refractivity contribution in [2.75, 3.05) is 5.73 Å². The molecule has 0 amide bonds. The third kappa shape index (κ3) is 3.29. The molecule has 2 nitrogen and oxygen atoms in total. The van der Waals surface area contributed by atoms with E-state index in [9.17, 15) is 8.78 Å². The predicted molar refractivity (Wildman–Crippen MR) is 72.8 cm³/mol. The van der Waals surface area contributed by atoms with E-state index in [0.29, 0.717) is 0 Å². The average molecular weight is 273 g/mol. The summed E-state index contributed by atoms with van der Waals surface area (Å²) in [7, 11) is -1.96. The molecular weight excluding hydrogens is 252 g/mol. The van der Waals surface area contributed by atoms with E-state index in [1.54, 1.807) is 0 Å². The molecule has 1 aromatic carbocycles. The van der Waals surface area contributed by atoms with Gasteiger partial charge >= 0.3 is 0 Å². The molecule has 1 aromatic rings. The predicted octanol–water partition coefficient (Wildman–Crippen LogP) is 4.07. The first kappa shape index (κ1) is 15.1. The lowest BCUT2D eigenvalue weighted by molar-refractivity contribution is 0.270. The zero-order valence-corrected chi connectivity index (χ0v) is 12.6. The van der Waals surface area contributed by atoms with E-state index >= 15 is 0 Å². The Kier molecular flexibility index (Phi) is 4.18. The zero-order valence-electron chi connectivity index (χ0n) is 11.6. The first-order chi connectivity index (χ1) is 8.04. The Morgan fingerprint density at radius 3 is 2.22 bits per heavy atom. The average Bonchev–Trinajstić information content (AvgIpc) is 2.20. The SMILES string of the molecule is CC(C)(C)[Si](C)(C)OCc1cc(F)c(N)cc1F. The molecule has 0 aromatic heterocycles. The van der Waals surface area contributed by atoms with E-state index in [2.05, 4.69) is 33.9 Å². The first-order valence-corrected chi connectivity index (χ1v) is 8.83. The Hall–Kier alpha value is -0.943. The molecule has 5 heteroatoms. The van der Waals surface area contributed by atoms with E-state index in [4.69, 9.17) is 10.2 Å². The maximum atomic E-state index is 13.6. The van der Waals surface area contributed by atoms with Crippen molar-refractivity contribution in [3.63, 3.8) is 0 Å². The van der Waals surface area contributed by atoms with Gasteiger partial charge in [-0.15, -0.1) is 0 Å². The highest BCUT2D eigenvalue weighted by Crippen LogP contribution is 2.37. The van der Waals surface area contributed by atoms with Crippen LogP contribution in [0.4, 0.5) is 14.5 Å². The van der Waals surface area contributed by atoms with E-state index in [1.807, 2.05) is 0 Å². The van der Waals surface area contributed by atoms with E-state index < -0.39 is 20.0 Å². The van der Waals surface area contributed by atoms with Crippen LogP contribution in [0.1, 0.15) is 26.3 Å². The number of halogens is 2. The second-order valence-electron chi connectivity index (χ2n) is 6.01. The summed E-state index contributed by atoms with van der Waals surface area (Å²) in [5.74, 6) is -1.13. The number of nitrogens with two attached hydrogens (primary N) is 1. The second kappa shape index (κ2) is 4.97. The topological polar surface area (TPSA) is 35.2 Å². The highest BCUT2D eigenvalue weighted by molar-refractivity contribution is 6.74. The van der Waals surface area contributed by atoms with Crippen molar-refractivity contribution in [1.29, 1.82) is 0 Å². The van der Waals surface area contributed by atoms with Crippen molar-refractivity contribution in [2.45, 2.75) is 45.5 Å². The van der Waals surface area contributed by atoms with Gasteiger partial charge in [-0.25, -0.2) is 8.78 Å². The minimum Gasteiger partial charge on any atom is -0.412 e. The quantitative estimate of drug-likeness (QED) is 0.665. The van der Waals surface area contributed by atoms with Crippen LogP contribution in [-0.4, -0.2) is 8.32 Å². The molecule has 18 heavy (non-hydrogen) atoms. The minimum absolute atomic E-state index is 0.0375. The van der Waals surface area contributed by atoms with Crippen LogP contribution in [0.25, 0.3) is 0 Å². The highest BCUT2D eigenvalue weighted by atomic mass is 28.4. The molecule has 0 unspecified atom stereocenters. The van der Waals surface area contributed by atoms with Crippen LogP contribution < -0.4 is 5.73 Å². The van der Waals surface area contributed by atoms with Crippen molar-refractivity contribution in [3.8, 4) is 0 Å². The summed E-state index contributed by atoms with van der Waals surface area (Å²) < 4.78 is 32.7. The molecule has 0 atom stereocenters. The number of hydrogen-bond donors (Lipinski definition) is 1. The number of benzene rings is 1. The third-order valence-corrected chi connectivity index (χ3v) is 8.04. The summed E-state index contributed by atoms with van der Waals surface area (Å²) in [6, 6.07) is 2.11. The molecular formula is C13H21F2NOSi. The van der Waals surface area contributed by atoms with Crippen LogP contribution >= 0.6 is 0 Å². The summed E-state index contributed by atoms with van der Waals surface area (Å²) in [6.45, 7) is 10.5. The molecule has 0 fully saturated rings. The Balaban J connectivity index is 2.85.